The van der Waals surface area contributed by atoms with Crippen LogP contribution in [-0.4, -0.2) is 21.0 Å². The SMILES string of the molecule is Oc1cc2c(cc1O)NCC2.[O-][Br+2]([O-])O. The van der Waals surface area contributed by atoms with Crippen LogP contribution in [0.15, 0.2) is 12.1 Å². The third kappa shape index (κ3) is 3.56. The summed E-state index contributed by atoms with van der Waals surface area (Å²) < 4.78 is 24.3. The van der Waals surface area contributed by atoms with Crippen molar-refractivity contribution < 1.29 is 37.6 Å². The second-order valence-corrected chi connectivity index (χ2v) is 3.72. The first kappa shape index (κ1) is 12.1. The van der Waals surface area contributed by atoms with Crippen LogP contribution in [0.5, 0.6) is 11.5 Å². The first-order valence-corrected chi connectivity index (χ1v) is 6.04. The Kier molecular flexibility index (Phi) is 4.15. The van der Waals surface area contributed by atoms with Crippen LogP contribution in [0, 0.1) is 14.8 Å². The zero-order valence-corrected chi connectivity index (χ0v) is 9.19. The zero-order chi connectivity index (χ0) is 11.4. The third-order valence-electron chi connectivity index (χ3n) is 1.91. The molecule has 0 saturated carbocycles. The van der Waals surface area contributed by atoms with Crippen LogP contribution >= 0.6 is 0 Å². The smallest absolute Gasteiger partial charge is 0.433 e. The lowest BCUT2D eigenvalue weighted by molar-refractivity contribution is -1.63. The van der Waals surface area contributed by atoms with Crippen LogP contribution in [-0.2, 0) is 6.42 Å². The fourth-order valence-electron chi connectivity index (χ4n) is 1.32. The Morgan fingerprint density at radius 2 is 1.73 bits per heavy atom. The molecule has 0 fully saturated rings. The van der Waals surface area contributed by atoms with Gasteiger partial charge in [0.2, 0.25) is 0 Å². The summed E-state index contributed by atoms with van der Waals surface area (Å²) in [6.45, 7) is 0.887. The molecule has 1 aliphatic heterocycles. The molecule has 0 bridgehead atoms. The Morgan fingerprint density at radius 1 is 1.20 bits per heavy atom. The summed E-state index contributed by atoms with van der Waals surface area (Å²) in [5.74, 6) is -0.0920. The largest absolute Gasteiger partial charge is 0.504 e. The summed E-state index contributed by atoms with van der Waals surface area (Å²) in [6.07, 6.45) is 0.920. The number of nitrogens with one attached hydrogen (secondary N) is 1. The Hall–Kier alpha value is -1.02. The van der Waals surface area contributed by atoms with Crippen molar-refractivity contribution in [1.82, 2.24) is 0 Å². The highest BCUT2D eigenvalue weighted by atomic mass is 80.0. The van der Waals surface area contributed by atoms with Gasteiger partial charge in [-0.15, -0.1) is 0 Å². The highest BCUT2D eigenvalue weighted by Crippen LogP contribution is 2.33. The van der Waals surface area contributed by atoms with Gasteiger partial charge < -0.3 is 23.9 Å². The predicted octanol–water partition coefficient (Wildman–Crippen LogP) is -1.87. The van der Waals surface area contributed by atoms with Crippen LogP contribution in [0.1, 0.15) is 5.56 Å². The van der Waals surface area contributed by atoms with Crippen LogP contribution < -0.4 is 13.7 Å². The molecule has 84 valence electrons. The molecule has 1 aromatic carbocycles. The van der Waals surface area contributed by atoms with Gasteiger partial charge in [-0.3, -0.25) is 0 Å². The summed E-state index contributed by atoms with van der Waals surface area (Å²) in [7, 11) is 0. The minimum atomic E-state index is -3.40. The lowest BCUT2D eigenvalue weighted by atomic mass is 10.1. The van der Waals surface area contributed by atoms with Gasteiger partial charge in [-0.1, -0.05) is 0 Å². The number of fused-ring (bicyclic) bond motifs is 1. The number of anilines is 1. The molecule has 0 saturated heterocycles. The molecule has 1 aromatic rings. The maximum Gasteiger partial charge on any atom is 0.433 e. The van der Waals surface area contributed by atoms with E-state index in [1.807, 2.05) is 0 Å². The monoisotopic (exact) mass is 279 g/mol. The minimum absolute atomic E-state index is 0.0348. The van der Waals surface area contributed by atoms with Crippen molar-refractivity contribution in [2.24, 2.45) is 0 Å². The van der Waals surface area contributed by atoms with E-state index in [1.165, 1.54) is 0 Å². The minimum Gasteiger partial charge on any atom is -0.504 e. The number of aromatic hydroxyl groups is 2. The molecule has 6 nitrogen and oxygen atoms in total. The van der Waals surface area contributed by atoms with Crippen molar-refractivity contribution in [1.29, 1.82) is 0 Å². The number of hydrogen-bond acceptors (Lipinski definition) is 6. The van der Waals surface area contributed by atoms with Gasteiger partial charge in [0.05, 0.1) is 0 Å². The van der Waals surface area contributed by atoms with Gasteiger partial charge in [-0.05, 0) is 22.2 Å². The number of halogens is 1. The number of benzene rings is 1. The Morgan fingerprint density at radius 3 is 2.33 bits per heavy atom. The molecule has 4 N–H and O–H groups in total. The van der Waals surface area contributed by atoms with Gasteiger partial charge in [-0.2, -0.15) is 0 Å². The van der Waals surface area contributed by atoms with E-state index in [2.05, 4.69) is 5.32 Å². The van der Waals surface area contributed by atoms with E-state index in [1.54, 1.807) is 12.1 Å². The summed E-state index contributed by atoms with van der Waals surface area (Å²) >= 11 is -3.40. The van der Waals surface area contributed by atoms with E-state index in [4.69, 9.17) is 22.8 Å². The molecule has 0 radical (unpaired) electrons. The fourth-order valence-corrected chi connectivity index (χ4v) is 1.32. The van der Waals surface area contributed by atoms with Gasteiger partial charge in [0.15, 0.2) is 11.5 Å². The highest BCUT2D eigenvalue weighted by Gasteiger charge is 2.12. The van der Waals surface area contributed by atoms with Crippen molar-refractivity contribution in [2.45, 2.75) is 6.42 Å². The second-order valence-electron chi connectivity index (χ2n) is 2.88. The maximum absolute atomic E-state index is 9.11. The molecule has 15 heavy (non-hydrogen) atoms. The molecule has 0 amide bonds. The average Bonchev–Trinajstić information content (AvgIpc) is 2.51. The predicted molar refractivity (Wildman–Crippen MR) is 44.2 cm³/mol. The first-order valence-electron chi connectivity index (χ1n) is 4.04. The maximum atomic E-state index is 9.11. The molecular formula is C8H10BrNO5. The van der Waals surface area contributed by atoms with Gasteiger partial charge in [0.25, 0.3) is 0 Å². The molecule has 0 aliphatic carbocycles. The Bertz CT molecular complexity index is 312. The summed E-state index contributed by atoms with van der Waals surface area (Å²) in [6, 6.07) is 3.16. The van der Waals surface area contributed by atoms with Crippen molar-refractivity contribution in [3.63, 3.8) is 0 Å². The van der Waals surface area contributed by atoms with Crippen molar-refractivity contribution in [3.05, 3.63) is 17.7 Å². The summed E-state index contributed by atoms with van der Waals surface area (Å²) in [4.78, 5) is 0. The molecule has 2 rings (SSSR count). The molecule has 7 heteroatoms. The highest BCUT2D eigenvalue weighted by molar-refractivity contribution is 5.62. The first-order chi connectivity index (χ1) is 7.00. The van der Waals surface area contributed by atoms with E-state index in [-0.39, 0.29) is 11.5 Å². The van der Waals surface area contributed by atoms with E-state index in [0.717, 1.165) is 24.2 Å². The average molecular weight is 280 g/mol. The van der Waals surface area contributed by atoms with E-state index in [0.29, 0.717) is 0 Å². The topological polar surface area (TPSA) is 119 Å². The molecule has 0 aromatic heterocycles. The summed E-state index contributed by atoms with van der Waals surface area (Å²) in [5, 5.41) is 21.3. The van der Waals surface area contributed by atoms with Gasteiger partial charge in [0.1, 0.15) is 0 Å². The third-order valence-corrected chi connectivity index (χ3v) is 1.91. The molecule has 1 aliphatic rings. The molecular weight excluding hydrogens is 270 g/mol. The van der Waals surface area contributed by atoms with Gasteiger partial charge in [-0.25, -0.2) is 0 Å². The number of rotatable bonds is 0. The van der Waals surface area contributed by atoms with Crippen molar-refractivity contribution >= 4 is 5.69 Å². The molecule has 0 unspecified atom stereocenters. The van der Waals surface area contributed by atoms with E-state index in [9.17, 15) is 0 Å². The molecule has 0 spiro atoms. The summed E-state index contributed by atoms with van der Waals surface area (Å²) in [5.41, 5.74) is 2.00. The lowest BCUT2D eigenvalue weighted by Crippen LogP contribution is -2.30. The fraction of sp³-hybridized carbons (Fsp3) is 0.250. The Labute approximate surface area is 91.2 Å². The number of hydrogen-bond donors (Lipinski definition) is 4. The number of phenolic OH excluding ortho intramolecular Hbond substituents is 2. The van der Waals surface area contributed by atoms with Gasteiger partial charge in [0, 0.05) is 18.3 Å². The molecule has 0 atom stereocenters. The van der Waals surface area contributed by atoms with Gasteiger partial charge >= 0.3 is 14.8 Å². The zero-order valence-electron chi connectivity index (χ0n) is 7.61. The van der Waals surface area contributed by atoms with E-state index >= 15 is 0 Å². The Balaban J connectivity index is 0.000000245. The van der Waals surface area contributed by atoms with Crippen LogP contribution in [0.25, 0.3) is 0 Å². The second kappa shape index (κ2) is 5.17. The van der Waals surface area contributed by atoms with Crippen LogP contribution in [0.3, 0.4) is 0 Å². The lowest BCUT2D eigenvalue weighted by Gasteiger charge is -2.01. The van der Waals surface area contributed by atoms with E-state index < -0.39 is 14.8 Å². The van der Waals surface area contributed by atoms with Crippen LogP contribution in [0.4, 0.5) is 5.69 Å². The van der Waals surface area contributed by atoms with Crippen LogP contribution in [0.2, 0.25) is 0 Å². The van der Waals surface area contributed by atoms with Crippen molar-refractivity contribution in [2.75, 3.05) is 11.9 Å². The number of phenols is 2. The van der Waals surface area contributed by atoms with Crippen molar-refractivity contribution in [3.8, 4) is 11.5 Å². The normalized spacial score (nSPS) is 12.8. The quantitative estimate of drug-likeness (QED) is 0.326. The molecule has 1 heterocycles. The standard InChI is InChI=1S/C8H9NO2.BrHO3/c10-7-3-5-1-2-9-6(5)4-8(7)11;2-1(3)4/h3-4,9-11H,1-2H2;2H.